The first kappa shape index (κ1) is 18.7. The first-order chi connectivity index (χ1) is 12.6. The van der Waals surface area contributed by atoms with Crippen LogP contribution in [0.2, 0.25) is 5.02 Å². The lowest BCUT2D eigenvalue weighted by Crippen LogP contribution is -2.46. The smallest absolute Gasteiger partial charge is 0.318 e. The van der Waals surface area contributed by atoms with Crippen LogP contribution in [0.25, 0.3) is 0 Å². The second kappa shape index (κ2) is 8.11. The molecule has 0 radical (unpaired) electrons. The van der Waals surface area contributed by atoms with Gasteiger partial charge in [0.1, 0.15) is 0 Å². The van der Waals surface area contributed by atoms with Crippen molar-refractivity contribution in [3.05, 3.63) is 70.2 Å². The summed E-state index contributed by atoms with van der Waals surface area (Å²) in [5.74, 6) is 0. The second-order valence-electron chi connectivity index (χ2n) is 6.83. The maximum atomic E-state index is 13.0. The summed E-state index contributed by atoms with van der Waals surface area (Å²) >= 11 is 6.28. The highest BCUT2D eigenvalue weighted by Crippen LogP contribution is 2.46. The Morgan fingerprint density at radius 2 is 1.88 bits per heavy atom. The molecule has 3 rings (SSSR count). The van der Waals surface area contributed by atoms with Crippen molar-refractivity contribution in [3.63, 3.8) is 0 Å². The minimum absolute atomic E-state index is 0.0808. The van der Waals surface area contributed by atoms with E-state index in [1.807, 2.05) is 36.4 Å². The number of hydrogen-bond acceptors (Lipinski definition) is 2. The van der Waals surface area contributed by atoms with Crippen LogP contribution in [0.15, 0.2) is 48.5 Å². The number of urea groups is 1. The molecule has 26 heavy (non-hydrogen) atoms. The van der Waals surface area contributed by atoms with Crippen molar-refractivity contribution < 1.29 is 9.53 Å². The zero-order chi connectivity index (χ0) is 18.6. The molecule has 1 aliphatic rings. The van der Waals surface area contributed by atoms with Crippen LogP contribution in [0.4, 0.5) is 4.79 Å². The fourth-order valence-corrected chi connectivity index (χ4v) is 3.46. The Morgan fingerprint density at radius 3 is 2.54 bits per heavy atom. The van der Waals surface area contributed by atoms with Gasteiger partial charge in [-0.2, -0.15) is 0 Å². The van der Waals surface area contributed by atoms with E-state index in [0.29, 0.717) is 24.7 Å². The third-order valence-electron chi connectivity index (χ3n) is 4.93. The number of nitrogens with zero attached hydrogens (tertiary/aromatic N) is 1. The number of methoxy groups -OCH3 is 1. The number of carbonyl (C=O) groups excluding carboxylic acids is 1. The molecule has 0 aromatic heterocycles. The summed E-state index contributed by atoms with van der Waals surface area (Å²) in [5, 5.41) is 3.93. The van der Waals surface area contributed by atoms with Crippen LogP contribution in [0.1, 0.15) is 29.5 Å². The number of hydrogen-bond donors (Lipinski definition) is 1. The first-order valence-corrected chi connectivity index (χ1v) is 9.29. The third kappa shape index (κ3) is 4.19. The van der Waals surface area contributed by atoms with Crippen molar-refractivity contribution >= 4 is 17.6 Å². The molecule has 1 N–H and O–H groups in total. The van der Waals surface area contributed by atoms with Gasteiger partial charge in [0.15, 0.2) is 0 Å². The van der Waals surface area contributed by atoms with Gasteiger partial charge in [0.2, 0.25) is 0 Å². The largest absolute Gasteiger partial charge is 0.383 e. The van der Waals surface area contributed by atoms with E-state index in [2.05, 4.69) is 24.4 Å². The summed E-state index contributed by atoms with van der Waals surface area (Å²) in [6.07, 6.45) is 1.93. The van der Waals surface area contributed by atoms with Crippen molar-refractivity contribution in [2.24, 2.45) is 0 Å². The average molecular weight is 373 g/mol. The molecule has 2 aromatic carbocycles. The van der Waals surface area contributed by atoms with Crippen LogP contribution in [0.5, 0.6) is 0 Å². The summed E-state index contributed by atoms with van der Waals surface area (Å²) < 4.78 is 5.19. The lowest BCUT2D eigenvalue weighted by Gasteiger charge is -2.28. The van der Waals surface area contributed by atoms with E-state index in [9.17, 15) is 4.79 Å². The Labute approximate surface area is 160 Å². The highest BCUT2D eigenvalue weighted by molar-refractivity contribution is 6.31. The predicted octanol–water partition coefficient (Wildman–Crippen LogP) is 4.50. The standard InChI is InChI=1S/C21H25ClN2O2/c1-16-7-3-5-9-18(16)21(11-12-21)23-20(25)24(13-14-26-2)15-17-8-4-6-10-19(17)22/h3-10H,11-15H2,1-2H3,(H,23,25). The summed E-state index contributed by atoms with van der Waals surface area (Å²) in [5.41, 5.74) is 3.10. The Morgan fingerprint density at radius 1 is 1.19 bits per heavy atom. The first-order valence-electron chi connectivity index (χ1n) is 8.91. The van der Waals surface area contributed by atoms with Crippen molar-refractivity contribution in [1.29, 1.82) is 0 Å². The number of rotatable bonds is 7. The summed E-state index contributed by atoms with van der Waals surface area (Å²) in [7, 11) is 1.64. The topological polar surface area (TPSA) is 41.6 Å². The Hall–Kier alpha value is -2.04. The highest BCUT2D eigenvalue weighted by Gasteiger charge is 2.47. The number of nitrogens with one attached hydrogen (secondary N) is 1. The fourth-order valence-electron chi connectivity index (χ4n) is 3.27. The number of carbonyl (C=O) groups is 1. The monoisotopic (exact) mass is 372 g/mol. The van der Waals surface area contributed by atoms with Gasteiger partial charge in [0, 0.05) is 25.2 Å². The summed E-state index contributed by atoms with van der Waals surface area (Å²) in [6, 6.07) is 15.8. The molecule has 0 saturated heterocycles. The number of amides is 2. The van der Waals surface area contributed by atoms with Crippen molar-refractivity contribution in [3.8, 4) is 0 Å². The van der Waals surface area contributed by atoms with Gasteiger partial charge in [-0.05, 0) is 42.5 Å². The molecule has 0 spiro atoms. The molecule has 2 amide bonds. The van der Waals surface area contributed by atoms with Crippen LogP contribution in [0, 0.1) is 6.92 Å². The van der Waals surface area contributed by atoms with Crippen molar-refractivity contribution in [2.75, 3.05) is 20.3 Å². The van der Waals surface area contributed by atoms with Gasteiger partial charge >= 0.3 is 6.03 Å². The van der Waals surface area contributed by atoms with E-state index in [1.165, 1.54) is 11.1 Å². The van der Waals surface area contributed by atoms with Crippen LogP contribution in [-0.2, 0) is 16.8 Å². The van der Waals surface area contributed by atoms with Gasteiger partial charge in [-0.15, -0.1) is 0 Å². The Balaban J connectivity index is 1.76. The van der Waals surface area contributed by atoms with E-state index < -0.39 is 0 Å². The minimum Gasteiger partial charge on any atom is -0.383 e. The van der Waals surface area contributed by atoms with Gasteiger partial charge in [-0.1, -0.05) is 54.1 Å². The van der Waals surface area contributed by atoms with Gasteiger partial charge < -0.3 is 15.0 Å². The summed E-state index contributed by atoms with van der Waals surface area (Å²) in [4.78, 5) is 14.8. The molecule has 0 atom stereocenters. The Kier molecular flexibility index (Phi) is 5.84. The minimum atomic E-state index is -0.242. The number of aryl methyl sites for hydroxylation is 1. The molecule has 0 heterocycles. The number of halogens is 1. The molecule has 1 aliphatic carbocycles. The molecule has 0 unspecified atom stereocenters. The fraction of sp³-hybridized carbons (Fsp3) is 0.381. The third-order valence-corrected chi connectivity index (χ3v) is 5.30. The predicted molar refractivity (Wildman–Crippen MR) is 104 cm³/mol. The molecule has 0 aliphatic heterocycles. The zero-order valence-electron chi connectivity index (χ0n) is 15.3. The molecule has 2 aromatic rings. The van der Waals surface area contributed by atoms with Crippen molar-refractivity contribution in [1.82, 2.24) is 10.2 Å². The second-order valence-corrected chi connectivity index (χ2v) is 7.24. The van der Waals surface area contributed by atoms with Gasteiger partial charge in [0.25, 0.3) is 0 Å². The quantitative estimate of drug-likeness (QED) is 0.777. The molecule has 1 fully saturated rings. The van der Waals surface area contributed by atoms with E-state index in [4.69, 9.17) is 16.3 Å². The number of benzene rings is 2. The maximum absolute atomic E-state index is 13.0. The molecule has 138 valence electrons. The van der Waals surface area contributed by atoms with E-state index in [0.717, 1.165) is 18.4 Å². The molecule has 1 saturated carbocycles. The van der Waals surface area contributed by atoms with Gasteiger partial charge in [-0.25, -0.2) is 4.79 Å². The van der Waals surface area contributed by atoms with Gasteiger partial charge in [-0.3, -0.25) is 0 Å². The van der Waals surface area contributed by atoms with Crippen LogP contribution < -0.4 is 5.32 Å². The number of ether oxygens (including phenoxy) is 1. The van der Waals surface area contributed by atoms with E-state index in [1.54, 1.807) is 12.0 Å². The van der Waals surface area contributed by atoms with Crippen LogP contribution >= 0.6 is 11.6 Å². The van der Waals surface area contributed by atoms with Crippen molar-refractivity contribution in [2.45, 2.75) is 31.8 Å². The average Bonchev–Trinajstić information content (AvgIpc) is 3.40. The SMILES string of the molecule is COCCN(Cc1ccccc1Cl)C(=O)NC1(c2ccccc2C)CC1. The Bertz CT molecular complexity index is 774. The molecule has 5 heteroatoms. The molecular weight excluding hydrogens is 348 g/mol. The van der Waals surface area contributed by atoms with E-state index >= 15 is 0 Å². The van der Waals surface area contributed by atoms with Crippen LogP contribution in [-0.4, -0.2) is 31.2 Å². The lowest BCUT2D eigenvalue weighted by atomic mass is 9.99. The van der Waals surface area contributed by atoms with E-state index in [-0.39, 0.29) is 11.6 Å². The normalized spacial score (nSPS) is 14.7. The molecular formula is C21H25ClN2O2. The molecule has 4 nitrogen and oxygen atoms in total. The highest BCUT2D eigenvalue weighted by atomic mass is 35.5. The van der Waals surface area contributed by atoms with Crippen LogP contribution in [0.3, 0.4) is 0 Å². The maximum Gasteiger partial charge on any atom is 0.318 e. The van der Waals surface area contributed by atoms with Gasteiger partial charge in [0.05, 0.1) is 12.1 Å². The zero-order valence-corrected chi connectivity index (χ0v) is 16.1. The molecule has 0 bridgehead atoms. The lowest BCUT2D eigenvalue weighted by molar-refractivity contribution is 0.144. The summed E-state index contributed by atoms with van der Waals surface area (Å²) in [6.45, 7) is 3.54.